The van der Waals surface area contributed by atoms with Crippen molar-refractivity contribution in [3.8, 4) is 0 Å². The van der Waals surface area contributed by atoms with Gasteiger partial charge in [0.05, 0.1) is 6.61 Å². The van der Waals surface area contributed by atoms with Crippen LogP contribution in [0.4, 0.5) is 0 Å². The topological polar surface area (TPSA) is 21.3 Å². The molecule has 1 aliphatic heterocycles. The molecule has 114 valence electrons. The molecule has 0 aromatic heterocycles. The van der Waals surface area contributed by atoms with Crippen molar-refractivity contribution >= 4 is 0 Å². The highest BCUT2D eigenvalue weighted by atomic mass is 16.5. The normalized spacial score (nSPS) is 25.7. The lowest BCUT2D eigenvalue weighted by atomic mass is 9.76. The second-order valence-electron chi connectivity index (χ2n) is 7.53. The Bertz CT molecular complexity index is 238. The average Bonchev–Trinajstić information content (AvgIpc) is 2.80. The summed E-state index contributed by atoms with van der Waals surface area (Å²) in [5.74, 6) is 0.878. The molecule has 1 rings (SSSR count). The van der Waals surface area contributed by atoms with Crippen molar-refractivity contribution in [3.05, 3.63) is 0 Å². The van der Waals surface area contributed by atoms with Gasteiger partial charge in [0.15, 0.2) is 0 Å². The minimum atomic E-state index is 0.209. The number of nitrogens with one attached hydrogen (secondary N) is 1. The van der Waals surface area contributed by atoms with Gasteiger partial charge in [0.1, 0.15) is 0 Å². The molecule has 1 saturated heterocycles. The van der Waals surface area contributed by atoms with E-state index in [-0.39, 0.29) is 5.54 Å². The summed E-state index contributed by atoms with van der Waals surface area (Å²) in [5, 5.41) is 3.71. The molecule has 2 unspecified atom stereocenters. The fourth-order valence-electron chi connectivity index (χ4n) is 3.03. The van der Waals surface area contributed by atoms with Crippen LogP contribution < -0.4 is 5.32 Å². The van der Waals surface area contributed by atoms with Crippen molar-refractivity contribution in [3.63, 3.8) is 0 Å². The summed E-state index contributed by atoms with van der Waals surface area (Å²) in [6, 6.07) is 0. The van der Waals surface area contributed by atoms with E-state index in [0.29, 0.717) is 5.41 Å². The summed E-state index contributed by atoms with van der Waals surface area (Å²) in [4.78, 5) is 0. The van der Waals surface area contributed by atoms with Crippen LogP contribution in [-0.4, -0.2) is 25.3 Å². The summed E-state index contributed by atoms with van der Waals surface area (Å²) in [7, 11) is 0. The third-order valence-electron chi connectivity index (χ3n) is 4.44. The zero-order valence-corrected chi connectivity index (χ0v) is 13.8. The summed E-state index contributed by atoms with van der Waals surface area (Å²) in [6.07, 6.45) is 7.98. The van der Waals surface area contributed by atoms with E-state index in [2.05, 4.69) is 39.9 Å². The van der Waals surface area contributed by atoms with Gasteiger partial charge in [0.25, 0.3) is 0 Å². The van der Waals surface area contributed by atoms with Gasteiger partial charge in [0.2, 0.25) is 0 Å². The summed E-state index contributed by atoms with van der Waals surface area (Å²) in [6.45, 7) is 14.4. The van der Waals surface area contributed by atoms with E-state index < -0.39 is 0 Å². The van der Waals surface area contributed by atoms with E-state index in [4.69, 9.17) is 4.74 Å². The van der Waals surface area contributed by atoms with E-state index >= 15 is 0 Å². The van der Waals surface area contributed by atoms with Crippen LogP contribution in [0.3, 0.4) is 0 Å². The standard InChI is InChI=1S/C17H35NO/c1-6-8-9-15(7-2)12-17(10-11-19-14-17)13-18-16(3,4)5/h15,18H,6-14H2,1-5H3. The molecular formula is C17H35NO. The highest BCUT2D eigenvalue weighted by molar-refractivity contribution is 4.89. The predicted octanol–water partition coefficient (Wildman–Crippen LogP) is 4.39. The molecule has 2 heteroatoms. The van der Waals surface area contributed by atoms with Crippen LogP contribution in [-0.2, 0) is 4.74 Å². The largest absolute Gasteiger partial charge is 0.381 e. The van der Waals surface area contributed by atoms with Crippen LogP contribution in [0.15, 0.2) is 0 Å². The van der Waals surface area contributed by atoms with E-state index in [1.165, 1.54) is 38.5 Å². The predicted molar refractivity (Wildman–Crippen MR) is 83.5 cm³/mol. The molecule has 1 heterocycles. The van der Waals surface area contributed by atoms with Gasteiger partial charge >= 0.3 is 0 Å². The SMILES string of the molecule is CCCCC(CC)CC1(CNC(C)(C)C)CCOC1. The molecule has 1 aliphatic rings. The Morgan fingerprint density at radius 2 is 2.00 bits per heavy atom. The maximum Gasteiger partial charge on any atom is 0.0535 e. The summed E-state index contributed by atoms with van der Waals surface area (Å²) in [5.41, 5.74) is 0.600. The molecule has 1 N–H and O–H groups in total. The lowest BCUT2D eigenvalue weighted by Gasteiger charge is -2.35. The van der Waals surface area contributed by atoms with Gasteiger partial charge in [-0.1, -0.05) is 39.5 Å². The van der Waals surface area contributed by atoms with Crippen LogP contribution >= 0.6 is 0 Å². The van der Waals surface area contributed by atoms with Crippen LogP contribution in [0.25, 0.3) is 0 Å². The lowest BCUT2D eigenvalue weighted by molar-refractivity contribution is 0.121. The summed E-state index contributed by atoms with van der Waals surface area (Å²) >= 11 is 0. The lowest BCUT2D eigenvalue weighted by Crippen LogP contribution is -2.45. The fourth-order valence-corrected chi connectivity index (χ4v) is 3.03. The van der Waals surface area contributed by atoms with Crippen molar-refractivity contribution in [1.29, 1.82) is 0 Å². The van der Waals surface area contributed by atoms with Crippen molar-refractivity contribution in [1.82, 2.24) is 5.32 Å². The van der Waals surface area contributed by atoms with Crippen molar-refractivity contribution in [2.24, 2.45) is 11.3 Å². The smallest absolute Gasteiger partial charge is 0.0535 e. The quantitative estimate of drug-likeness (QED) is 0.705. The number of ether oxygens (including phenoxy) is 1. The first-order valence-electron chi connectivity index (χ1n) is 8.23. The van der Waals surface area contributed by atoms with Crippen LogP contribution in [0, 0.1) is 11.3 Å². The molecule has 2 atom stereocenters. The second kappa shape index (κ2) is 7.64. The van der Waals surface area contributed by atoms with E-state index in [1.54, 1.807) is 0 Å². The van der Waals surface area contributed by atoms with Gasteiger partial charge in [-0.2, -0.15) is 0 Å². The number of rotatable bonds is 8. The van der Waals surface area contributed by atoms with Crippen molar-refractivity contribution in [2.45, 2.75) is 78.7 Å². The number of hydrogen-bond donors (Lipinski definition) is 1. The molecule has 0 radical (unpaired) electrons. The third-order valence-corrected chi connectivity index (χ3v) is 4.44. The molecule has 0 spiro atoms. The van der Waals surface area contributed by atoms with Crippen LogP contribution in [0.2, 0.25) is 0 Å². The molecular weight excluding hydrogens is 234 g/mol. The van der Waals surface area contributed by atoms with Crippen LogP contribution in [0.1, 0.15) is 73.1 Å². The molecule has 2 nitrogen and oxygen atoms in total. The Kier molecular flexibility index (Phi) is 6.82. The van der Waals surface area contributed by atoms with Gasteiger partial charge in [-0.05, 0) is 39.5 Å². The Morgan fingerprint density at radius 1 is 1.26 bits per heavy atom. The molecule has 0 aromatic rings. The monoisotopic (exact) mass is 269 g/mol. The van der Waals surface area contributed by atoms with Gasteiger partial charge in [0, 0.05) is 24.1 Å². The Labute approximate surface area is 120 Å². The summed E-state index contributed by atoms with van der Waals surface area (Å²) < 4.78 is 5.74. The number of unbranched alkanes of at least 4 members (excludes halogenated alkanes) is 1. The maximum absolute atomic E-state index is 5.74. The average molecular weight is 269 g/mol. The van der Waals surface area contributed by atoms with Crippen molar-refractivity contribution in [2.75, 3.05) is 19.8 Å². The van der Waals surface area contributed by atoms with Gasteiger partial charge in [-0.15, -0.1) is 0 Å². The molecule has 0 amide bonds. The van der Waals surface area contributed by atoms with Crippen LogP contribution in [0.5, 0.6) is 0 Å². The highest BCUT2D eigenvalue weighted by Gasteiger charge is 2.37. The van der Waals surface area contributed by atoms with Gasteiger partial charge < -0.3 is 10.1 Å². The Balaban J connectivity index is 2.54. The van der Waals surface area contributed by atoms with E-state index in [1.807, 2.05) is 0 Å². The fraction of sp³-hybridized carbons (Fsp3) is 1.00. The molecule has 0 saturated carbocycles. The maximum atomic E-state index is 5.74. The molecule has 1 fully saturated rings. The Morgan fingerprint density at radius 3 is 2.47 bits per heavy atom. The first-order valence-corrected chi connectivity index (χ1v) is 8.23. The van der Waals surface area contributed by atoms with E-state index in [9.17, 15) is 0 Å². The minimum Gasteiger partial charge on any atom is -0.381 e. The van der Waals surface area contributed by atoms with Gasteiger partial charge in [-0.25, -0.2) is 0 Å². The molecule has 0 bridgehead atoms. The third kappa shape index (κ3) is 6.27. The molecule has 0 aromatic carbocycles. The minimum absolute atomic E-state index is 0.209. The molecule has 0 aliphatic carbocycles. The molecule has 19 heavy (non-hydrogen) atoms. The van der Waals surface area contributed by atoms with Gasteiger partial charge in [-0.3, -0.25) is 0 Å². The van der Waals surface area contributed by atoms with Crippen molar-refractivity contribution < 1.29 is 4.74 Å². The number of hydrogen-bond acceptors (Lipinski definition) is 2. The second-order valence-corrected chi connectivity index (χ2v) is 7.53. The Hall–Kier alpha value is -0.0800. The first kappa shape index (κ1) is 17.0. The zero-order chi connectivity index (χ0) is 14.4. The van der Waals surface area contributed by atoms with E-state index in [0.717, 1.165) is 25.7 Å². The first-order chi connectivity index (χ1) is 8.91. The highest BCUT2D eigenvalue weighted by Crippen LogP contribution is 2.37. The zero-order valence-electron chi connectivity index (χ0n) is 13.8.